The first-order valence-electron chi connectivity index (χ1n) is 7.76. The molecule has 1 spiro atoms. The summed E-state index contributed by atoms with van der Waals surface area (Å²) in [6.45, 7) is 4.72. The van der Waals surface area contributed by atoms with Crippen molar-refractivity contribution in [3.63, 3.8) is 0 Å². The molecule has 4 nitrogen and oxygen atoms in total. The van der Waals surface area contributed by atoms with Crippen LogP contribution in [0.5, 0.6) is 0 Å². The first-order chi connectivity index (χ1) is 9.87. The predicted octanol–water partition coefficient (Wildman–Crippen LogP) is 2.06. The van der Waals surface area contributed by atoms with Crippen LogP contribution in [0.15, 0.2) is 24.5 Å². The van der Waals surface area contributed by atoms with E-state index < -0.39 is 0 Å². The zero-order valence-electron chi connectivity index (χ0n) is 11.8. The molecule has 2 bridgehead atoms. The number of pyridine rings is 1. The van der Waals surface area contributed by atoms with Gasteiger partial charge in [-0.05, 0) is 24.5 Å². The van der Waals surface area contributed by atoms with Crippen molar-refractivity contribution in [3.05, 3.63) is 30.1 Å². The van der Waals surface area contributed by atoms with Crippen LogP contribution in [-0.2, 0) is 16.0 Å². The lowest BCUT2D eigenvalue weighted by atomic mass is 9.72. The van der Waals surface area contributed by atoms with Gasteiger partial charge in [-0.2, -0.15) is 0 Å². The van der Waals surface area contributed by atoms with Crippen molar-refractivity contribution in [2.24, 2.45) is 11.8 Å². The number of nitrogens with zero attached hydrogens (tertiary/aromatic N) is 2. The van der Waals surface area contributed by atoms with Gasteiger partial charge in [0.05, 0.1) is 13.2 Å². The summed E-state index contributed by atoms with van der Waals surface area (Å²) in [5, 5.41) is 0. The molecule has 1 aromatic rings. The lowest BCUT2D eigenvalue weighted by Gasteiger charge is -2.52. The summed E-state index contributed by atoms with van der Waals surface area (Å²) in [4.78, 5) is 6.77. The van der Waals surface area contributed by atoms with E-state index in [-0.39, 0.29) is 5.79 Å². The molecular weight excluding hydrogens is 252 g/mol. The van der Waals surface area contributed by atoms with E-state index in [2.05, 4.69) is 16.0 Å². The Hall–Kier alpha value is -0.970. The van der Waals surface area contributed by atoms with Crippen molar-refractivity contribution < 1.29 is 9.47 Å². The van der Waals surface area contributed by atoms with Gasteiger partial charge in [-0.25, -0.2) is 0 Å². The van der Waals surface area contributed by atoms with Crippen molar-refractivity contribution in [3.8, 4) is 0 Å². The van der Waals surface area contributed by atoms with Gasteiger partial charge in [0.2, 0.25) is 0 Å². The van der Waals surface area contributed by atoms with Crippen LogP contribution < -0.4 is 0 Å². The standard InChI is InChI=1S/C16H22N2O2/c1-4-14-11-18(10-13-3-2-6-17-9-13)12-15(5-1)16(14)19-7-8-20-16/h2-3,6,9,14-15H,1,4-5,7-8,10-12H2/t14-,15+. The molecule has 0 unspecified atom stereocenters. The highest BCUT2D eigenvalue weighted by Gasteiger charge is 2.55. The minimum atomic E-state index is -0.246. The molecule has 1 saturated carbocycles. The second-order valence-corrected chi connectivity index (χ2v) is 6.30. The third kappa shape index (κ3) is 2.07. The zero-order valence-corrected chi connectivity index (χ0v) is 11.8. The molecule has 2 aliphatic heterocycles. The summed E-state index contributed by atoms with van der Waals surface area (Å²) in [5.41, 5.74) is 1.30. The van der Waals surface area contributed by atoms with Crippen molar-refractivity contribution in [2.75, 3.05) is 26.3 Å². The molecule has 0 radical (unpaired) electrons. The third-order valence-corrected chi connectivity index (χ3v) is 5.07. The fraction of sp³-hybridized carbons (Fsp3) is 0.688. The Morgan fingerprint density at radius 1 is 1.20 bits per heavy atom. The first kappa shape index (κ1) is 12.7. The second kappa shape index (κ2) is 5.10. The molecule has 3 aliphatic rings. The van der Waals surface area contributed by atoms with Crippen LogP contribution in [0.25, 0.3) is 0 Å². The number of likely N-dealkylation sites (tertiary alicyclic amines) is 1. The summed E-state index contributed by atoms with van der Waals surface area (Å²) >= 11 is 0. The van der Waals surface area contributed by atoms with Crippen molar-refractivity contribution in [1.82, 2.24) is 9.88 Å². The second-order valence-electron chi connectivity index (χ2n) is 6.30. The molecule has 4 heteroatoms. The molecule has 4 rings (SSSR count). The van der Waals surface area contributed by atoms with Crippen molar-refractivity contribution in [1.29, 1.82) is 0 Å². The Morgan fingerprint density at radius 3 is 2.60 bits per heavy atom. The van der Waals surface area contributed by atoms with Crippen LogP contribution in [0.4, 0.5) is 0 Å². The largest absolute Gasteiger partial charge is 0.347 e. The minimum absolute atomic E-state index is 0.246. The van der Waals surface area contributed by atoms with Crippen LogP contribution in [0.3, 0.4) is 0 Å². The Morgan fingerprint density at radius 2 is 1.95 bits per heavy atom. The van der Waals surface area contributed by atoms with Crippen LogP contribution in [0.2, 0.25) is 0 Å². The molecule has 1 aliphatic carbocycles. The maximum absolute atomic E-state index is 6.09. The van der Waals surface area contributed by atoms with Gasteiger partial charge in [0.1, 0.15) is 0 Å². The highest BCUT2D eigenvalue weighted by atomic mass is 16.7. The Kier molecular flexibility index (Phi) is 3.25. The maximum atomic E-state index is 6.09. The van der Waals surface area contributed by atoms with Crippen molar-refractivity contribution >= 4 is 0 Å². The van der Waals surface area contributed by atoms with Gasteiger partial charge in [-0.3, -0.25) is 9.88 Å². The van der Waals surface area contributed by atoms with E-state index in [0.29, 0.717) is 11.8 Å². The quantitative estimate of drug-likeness (QED) is 0.827. The van der Waals surface area contributed by atoms with E-state index in [9.17, 15) is 0 Å². The lowest BCUT2D eigenvalue weighted by molar-refractivity contribution is -0.269. The number of rotatable bonds is 2. The summed E-state index contributed by atoms with van der Waals surface area (Å²) < 4.78 is 12.2. The van der Waals surface area contributed by atoms with Gasteiger partial charge < -0.3 is 9.47 Å². The summed E-state index contributed by atoms with van der Waals surface area (Å²) in [5.74, 6) is 0.826. The van der Waals surface area contributed by atoms with E-state index in [4.69, 9.17) is 9.47 Å². The summed E-state index contributed by atoms with van der Waals surface area (Å²) in [7, 11) is 0. The molecule has 2 atom stereocenters. The molecule has 20 heavy (non-hydrogen) atoms. The monoisotopic (exact) mass is 274 g/mol. The number of piperidine rings is 1. The summed E-state index contributed by atoms with van der Waals surface area (Å²) in [6.07, 6.45) is 7.61. The number of hydrogen-bond acceptors (Lipinski definition) is 4. The number of ether oxygens (including phenoxy) is 2. The molecular formula is C16H22N2O2. The molecule has 108 valence electrons. The fourth-order valence-corrected chi connectivity index (χ4v) is 4.28. The van der Waals surface area contributed by atoms with Gasteiger partial charge in [0.15, 0.2) is 5.79 Å². The third-order valence-electron chi connectivity index (χ3n) is 5.07. The number of hydrogen-bond donors (Lipinski definition) is 0. The highest BCUT2D eigenvalue weighted by molar-refractivity contribution is 5.09. The van der Waals surface area contributed by atoms with E-state index in [1.54, 1.807) is 0 Å². The minimum Gasteiger partial charge on any atom is -0.347 e. The van der Waals surface area contributed by atoms with Crippen molar-refractivity contribution in [2.45, 2.75) is 31.6 Å². The lowest BCUT2D eigenvalue weighted by Crippen LogP contribution is -2.60. The average molecular weight is 274 g/mol. The predicted molar refractivity (Wildman–Crippen MR) is 75.0 cm³/mol. The van der Waals surface area contributed by atoms with Gasteiger partial charge in [0, 0.05) is 43.9 Å². The van der Waals surface area contributed by atoms with Gasteiger partial charge >= 0.3 is 0 Å². The van der Waals surface area contributed by atoms with Gasteiger partial charge in [0.25, 0.3) is 0 Å². The van der Waals surface area contributed by atoms with E-state index in [1.807, 2.05) is 18.5 Å². The smallest absolute Gasteiger partial charge is 0.176 e. The van der Waals surface area contributed by atoms with Crippen LogP contribution >= 0.6 is 0 Å². The first-order valence-corrected chi connectivity index (χ1v) is 7.76. The Bertz CT molecular complexity index is 443. The molecule has 0 aromatic carbocycles. The highest BCUT2D eigenvalue weighted by Crippen LogP contribution is 2.48. The molecule has 0 amide bonds. The normalized spacial score (nSPS) is 32.6. The Labute approximate surface area is 120 Å². The van der Waals surface area contributed by atoms with Crippen LogP contribution in [-0.4, -0.2) is 42.0 Å². The molecule has 3 fully saturated rings. The topological polar surface area (TPSA) is 34.6 Å². The van der Waals surface area contributed by atoms with Gasteiger partial charge in [-0.15, -0.1) is 0 Å². The van der Waals surface area contributed by atoms with E-state index in [1.165, 1.54) is 24.8 Å². The van der Waals surface area contributed by atoms with Crippen LogP contribution in [0.1, 0.15) is 24.8 Å². The molecule has 1 aromatic heterocycles. The van der Waals surface area contributed by atoms with E-state index >= 15 is 0 Å². The number of aromatic nitrogens is 1. The van der Waals surface area contributed by atoms with Crippen LogP contribution in [0, 0.1) is 11.8 Å². The fourth-order valence-electron chi connectivity index (χ4n) is 4.28. The SMILES string of the molecule is c1cncc(CN2C[C@H]3CCC[C@@H](C2)C32OCCO2)c1. The van der Waals surface area contributed by atoms with Gasteiger partial charge in [-0.1, -0.05) is 12.5 Å². The summed E-state index contributed by atoms with van der Waals surface area (Å²) in [6, 6.07) is 4.18. The maximum Gasteiger partial charge on any atom is 0.176 e. The molecule has 3 heterocycles. The molecule has 2 saturated heterocycles. The molecule has 0 N–H and O–H groups in total. The average Bonchev–Trinajstić information content (AvgIpc) is 2.91. The van der Waals surface area contributed by atoms with E-state index in [0.717, 1.165) is 32.8 Å². The zero-order chi connectivity index (χ0) is 13.4. The Balaban J connectivity index is 1.51.